The molecule has 0 atom stereocenters. The maximum atomic E-state index is 5.83. The van der Waals surface area contributed by atoms with E-state index in [0.717, 1.165) is 45.4 Å². The first-order valence-corrected chi connectivity index (χ1v) is 10.7. The molecule has 0 aliphatic carbocycles. The number of benzene rings is 2. The first-order valence-electron chi connectivity index (χ1n) is 10.4. The zero-order valence-electron chi connectivity index (χ0n) is 18.1. The van der Waals surface area contributed by atoms with Crippen LogP contribution in [-0.2, 0) is 13.6 Å². The van der Waals surface area contributed by atoms with Gasteiger partial charge in [-0.1, -0.05) is 23.7 Å². The molecule has 0 unspecified atom stereocenters. The summed E-state index contributed by atoms with van der Waals surface area (Å²) >= 11 is 5.83. The van der Waals surface area contributed by atoms with Gasteiger partial charge in [0.2, 0.25) is 11.9 Å². The molecule has 5 aromatic rings. The number of halogens is 1. The molecule has 0 spiro atoms. The Morgan fingerprint density at radius 3 is 2.45 bits per heavy atom. The summed E-state index contributed by atoms with van der Waals surface area (Å²) in [6, 6.07) is 16.1. The number of rotatable bonds is 7. The normalized spacial score (nSPS) is 11.0. The third kappa shape index (κ3) is 4.73. The molecule has 0 saturated carbocycles. The maximum Gasteiger partial charge on any atom is 0.227 e. The number of anilines is 5. The van der Waals surface area contributed by atoms with E-state index in [1.54, 1.807) is 12.4 Å². The summed E-state index contributed by atoms with van der Waals surface area (Å²) in [5.41, 5.74) is 5.93. The standard InChI is InChI=1S/C23H22ClN9/c1-14-9-21(32-31-14)28-18-7-8-19-20(10-18)33(2)23(30-19)27-11-15-3-5-17(6-4-15)29-22-25-12-16(24)13-26-22/h3-10,12-13H,11H2,1-2H3,(H,27,30)(H,25,26,29)(H2,28,31,32). The molecule has 0 saturated heterocycles. The van der Waals surface area contributed by atoms with Crippen LogP contribution in [-0.4, -0.2) is 29.7 Å². The van der Waals surface area contributed by atoms with Crippen LogP contribution in [0.25, 0.3) is 11.0 Å². The Morgan fingerprint density at radius 1 is 0.970 bits per heavy atom. The van der Waals surface area contributed by atoms with Crippen LogP contribution in [0.1, 0.15) is 11.3 Å². The topological polar surface area (TPSA) is 108 Å². The lowest BCUT2D eigenvalue weighted by Gasteiger charge is -2.08. The van der Waals surface area contributed by atoms with Gasteiger partial charge in [-0.05, 0) is 42.8 Å². The second-order valence-electron chi connectivity index (χ2n) is 7.66. The quantitative estimate of drug-likeness (QED) is 0.266. The van der Waals surface area contributed by atoms with Crippen LogP contribution in [0.15, 0.2) is 60.9 Å². The van der Waals surface area contributed by atoms with E-state index in [-0.39, 0.29) is 0 Å². The van der Waals surface area contributed by atoms with Crippen molar-refractivity contribution in [3.8, 4) is 0 Å². The molecule has 0 amide bonds. The van der Waals surface area contributed by atoms with E-state index in [9.17, 15) is 0 Å². The maximum absolute atomic E-state index is 5.83. The number of nitrogens with zero attached hydrogens (tertiary/aromatic N) is 5. The van der Waals surface area contributed by atoms with Crippen molar-refractivity contribution in [1.82, 2.24) is 29.7 Å². The lowest BCUT2D eigenvalue weighted by atomic mass is 10.2. The minimum absolute atomic E-state index is 0.501. The van der Waals surface area contributed by atoms with Crippen LogP contribution < -0.4 is 16.0 Å². The van der Waals surface area contributed by atoms with Gasteiger partial charge in [0.25, 0.3) is 0 Å². The molecule has 5 rings (SSSR count). The molecular weight excluding hydrogens is 438 g/mol. The fourth-order valence-corrected chi connectivity index (χ4v) is 3.55. The van der Waals surface area contributed by atoms with Crippen molar-refractivity contribution in [1.29, 1.82) is 0 Å². The van der Waals surface area contributed by atoms with Gasteiger partial charge in [0, 0.05) is 36.7 Å². The molecule has 0 aliphatic heterocycles. The average molecular weight is 460 g/mol. The highest BCUT2D eigenvalue weighted by molar-refractivity contribution is 6.30. The van der Waals surface area contributed by atoms with E-state index in [1.165, 1.54) is 0 Å². The van der Waals surface area contributed by atoms with Crippen molar-refractivity contribution in [3.05, 3.63) is 77.2 Å². The third-order valence-corrected chi connectivity index (χ3v) is 5.34. The zero-order chi connectivity index (χ0) is 22.8. The highest BCUT2D eigenvalue weighted by Gasteiger charge is 2.09. The van der Waals surface area contributed by atoms with E-state index in [4.69, 9.17) is 16.6 Å². The summed E-state index contributed by atoms with van der Waals surface area (Å²) in [6.45, 7) is 2.62. The number of hydrogen-bond acceptors (Lipinski definition) is 7. The van der Waals surface area contributed by atoms with E-state index < -0.39 is 0 Å². The Hall–Kier alpha value is -4.11. The average Bonchev–Trinajstić information content (AvgIpc) is 3.37. The number of aromatic nitrogens is 6. The summed E-state index contributed by atoms with van der Waals surface area (Å²) in [5.74, 6) is 2.09. The molecule has 0 bridgehead atoms. The van der Waals surface area contributed by atoms with Gasteiger partial charge in [-0.2, -0.15) is 5.10 Å². The zero-order valence-corrected chi connectivity index (χ0v) is 18.9. The largest absolute Gasteiger partial charge is 0.352 e. The van der Waals surface area contributed by atoms with Gasteiger partial charge in [-0.15, -0.1) is 0 Å². The van der Waals surface area contributed by atoms with Gasteiger partial charge in [-0.25, -0.2) is 15.0 Å². The number of hydrogen-bond donors (Lipinski definition) is 4. The van der Waals surface area contributed by atoms with E-state index in [2.05, 4.69) is 42.2 Å². The van der Waals surface area contributed by atoms with Gasteiger partial charge in [0.1, 0.15) is 0 Å². The predicted octanol–water partition coefficient (Wildman–Crippen LogP) is 5.15. The fourth-order valence-electron chi connectivity index (χ4n) is 3.45. The Bertz CT molecular complexity index is 1390. The smallest absolute Gasteiger partial charge is 0.227 e. The van der Waals surface area contributed by atoms with Crippen LogP contribution in [0, 0.1) is 6.92 Å². The molecule has 3 heterocycles. The van der Waals surface area contributed by atoms with Gasteiger partial charge < -0.3 is 20.5 Å². The van der Waals surface area contributed by atoms with E-state index in [0.29, 0.717) is 17.5 Å². The van der Waals surface area contributed by atoms with Crippen LogP contribution in [0.5, 0.6) is 0 Å². The van der Waals surface area contributed by atoms with Crippen molar-refractivity contribution >= 4 is 51.7 Å². The number of imidazole rings is 1. The number of aryl methyl sites for hydroxylation is 2. The summed E-state index contributed by atoms with van der Waals surface area (Å²) in [5, 5.41) is 17.6. The molecule has 2 aromatic carbocycles. The Balaban J connectivity index is 1.25. The van der Waals surface area contributed by atoms with Crippen molar-refractivity contribution in [2.45, 2.75) is 13.5 Å². The van der Waals surface area contributed by atoms with Crippen LogP contribution in [0.3, 0.4) is 0 Å². The summed E-state index contributed by atoms with van der Waals surface area (Å²) in [4.78, 5) is 13.0. The monoisotopic (exact) mass is 459 g/mol. The minimum atomic E-state index is 0.501. The second-order valence-corrected chi connectivity index (χ2v) is 8.10. The van der Waals surface area contributed by atoms with E-state index in [1.807, 2.05) is 61.0 Å². The second kappa shape index (κ2) is 8.79. The van der Waals surface area contributed by atoms with Crippen LogP contribution >= 0.6 is 11.6 Å². The van der Waals surface area contributed by atoms with Crippen LogP contribution in [0.4, 0.5) is 29.1 Å². The Morgan fingerprint density at radius 2 is 1.73 bits per heavy atom. The van der Waals surface area contributed by atoms with E-state index >= 15 is 0 Å². The Kier molecular flexibility index (Phi) is 5.54. The number of fused-ring (bicyclic) bond motifs is 1. The molecule has 4 N–H and O–H groups in total. The summed E-state index contributed by atoms with van der Waals surface area (Å²) in [6.07, 6.45) is 3.12. The van der Waals surface area contributed by atoms with Crippen LogP contribution in [0.2, 0.25) is 5.02 Å². The van der Waals surface area contributed by atoms with Crippen molar-refractivity contribution in [2.75, 3.05) is 16.0 Å². The molecular formula is C23H22ClN9. The summed E-state index contributed by atoms with van der Waals surface area (Å²) in [7, 11) is 2.00. The van der Waals surface area contributed by atoms with Gasteiger partial charge in [-0.3, -0.25) is 5.10 Å². The van der Waals surface area contributed by atoms with Crippen molar-refractivity contribution < 1.29 is 0 Å². The van der Waals surface area contributed by atoms with Crippen molar-refractivity contribution in [2.24, 2.45) is 7.05 Å². The highest BCUT2D eigenvalue weighted by Crippen LogP contribution is 2.24. The molecule has 3 aromatic heterocycles. The molecule has 10 heteroatoms. The first kappa shape index (κ1) is 20.8. The highest BCUT2D eigenvalue weighted by atomic mass is 35.5. The number of H-pyrrole nitrogens is 1. The predicted molar refractivity (Wildman–Crippen MR) is 131 cm³/mol. The molecule has 0 fully saturated rings. The Labute approximate surface area is 195 Å². The summed E-state index contributed by atoms with van der Waals surface area (Å²) < 4.78 is 2.05. The molecule has 0 radical (unpaired) electrons. The molecule has 166 valence electrons. The van der Waals surface area contributed by atoms with Gasteiger partial charge in [0.05, 0.1) is 28.4 Å². The minimum Gasteiger partial charge on any atom is -0.352 e. The van der Waals surface area contributed by atoms with Crippen molar-refractivity contribution in [3.63, 3.8) is 0 Å². The third-order valence-electron chi connectivity index (χ3n) is 5.14. The van der Waals surface area contributed by atoms with Gasteiger partial charge >= 0.3 is 0 Å². The SMILES string of the molecule is Cc1cc(Nc2ccc3nc(NCc4ccc(Nc5ncc(Cl)cn5)cc4)n(C)c3c2)n[nH]1. The molecule has 0 aliphatic rings. The number of nitrogens with one attached hydrogen (secondary N) is 4. The first-order chi connectivity index (χ1) is 16.0. The lowest BCUT2D eigenvalue weighted by molar-refractivity contribution is 0.927. The lowest BCUT2D eigenvalue weighted by Crippen LogP contribution is -2.05. The number of aromatic amines is 1. The molecule has 33 heavy (non-hydrogen) atoms. The van der Waals surface area contributed by atoms with Gasteiger partial charge in [0.15, 0.2) is 5.82 Å². The molecule has 9 nitrogen and oxygen atoms in total. The fraction of sp³-hybridized carbons (Fsp3) is 0.130.